The van der Waals surface area contributed by atoms with Crippen LogP contribution in [-0.4, -0.2) is 44.2 Å². The molecule has 2 heterocycles. The first-order valence-corrected chi connectivity index (χ1v) is 7.31. The van der Waals surface area contributed by atoms with Crippen LogP contribution >= 0.6 is 23.1 Å². The summed E-state index contributed by atoms with van der Waals surface area (Å²) in [5, 5.41) is 14.3. The summed E-state index contributed by atoms with van der Waals surface area (Å²) in [6, 6.07) is -1.10. The number of rotatable bonds is 3. The fraction of sp³-hybridized carbons (Fsp3) is 0.500. The van der Waals surface area contributed by atoms with Crippen molar-refractivity contribution in [1.82, 2.24) is 15.2 Å². The van der Waals surface area contributed by atoms with Crippen molar-refractivity contribution in [2.24, 2.45) is 0 Å². The highest BCUT2D eigenvalue weighted by atomic mass is 32.2. The van der Waals surface area contributed by atoms with Crippen LogP contribution in [0.5, 0.6) is 0 Å². The molecule has 1 aliphatic rings. The first-order valence-electron chi connectivity index (χ1n) is 5.38. The molecule has 1 aromatic rings. The third-order valence-electron chi connectivity index (χ3n) is 2.62. The summed E-state index contributed by atoms with van der Waals surface area (Å²) in [6.07, 6.45) is 1.67. The van der Waals surface area contributed by atoms with E-state index in [4.69, 9.17) is 5.11 Å². The van der Waals surface area contributed by atoms with E-state index in [-0.39, 0.29) is 11.4 Å². The molecule has 8 heteroatoms. The van der Waals surface area contributed by atoms with Gasteiger partial charge < -0.3 is 10.4 Å². The Hall–Kier alpha value is -1.28. The van der Waals surface area contributed by atoms with Gasteiger partial charge in [0.25, 0.3) is 0 Å². The number of aromatic nitrogens is 1. The molecule has 2 unspecified atom stereocenters. The zero-order chi connectivity index (χ0) is 13.1. The highest BCUT2D eigenvalue weighted by Crippen LogP contribution is 2.28. The van der Waals surface area contributed by atoms with Gasteiger partial charge in [-0.2, -0.15) is 0 Å². The molecule has 0 saturated carbocycles. The maximum atomic E-state index is 12.0. The molecule has 0 spiro atoms. The second-order valence-corrected chi connectivity index (χ2v) is 6.11. The molecule has 0 bridgehead atoms. The second kappa shape index (κ2) is 5.57. The Morgan fingerprint density at radius 2 is 2.44 bits per heavy atom. The quantitative estimate of drug-likeness (QED) is 0.873. The predicted molar refractivity (Wildman–Crippen MR) is 69.5 cm³/mol. The van der Waals surface area contributed by atoms with Gasteiger partial charge in [0.2, 0.25) is 0 Å². The van der Waals surface area contributed by atoms with E-state index in [0.717, 1.165) is 5.01 Å². The van der Waals surface area contributed by atoms with E-state index in [1.807, 2.05) is 12.3 Å². The smallest absolute Gasteiger partial charge is 0.327 e. The summed E-state index contributed by atoms with van der Waals surface area (Å²) < 4.78 is 0. The van der Waals surface area contributed by atoms with E-state index in [2.05, 4.69) is 10.3 Å². The van der Waals surface area contributed by atoms with Gasteiger partial charge in [-0.1, -0.05) is 0 Å². The van der Waals surface area contributed by atoms with Gasteiger partial charge in [0.15, 0.2) is 0 Å². The lowest BCUT2D eigenvalue weighted by molar-refractivity contribution is -0.141. The van der Waals surface area contributed by atoms with Crippen molar-refractivity contribution < 1.29 is 14.7 Å². The Morgan fingerprint density at radius 1 is 1.67 bits per heavy atom. The Bertz CT molecular complexity index is 438. The SMILES string of the molecule is CC1SCC(C(=O)O)N1C(=O)NCc1nccs1. The molecule has 0 aliphatic carbocycles. The Labute approximate surface area is 112 Å². The number of hydrogen-bond acceptors (Lipinski definition) is 5. The van der Waals surface area contributed by atoms with Crippen molar-refractivity contribution in [3.8, 4) is 0 Å². The average Bonchev–Trinajstić information content (AvgIpc) is 2.94. The molecule has 2 N–H and O–H groups in total. The first-order chi connectivity index (χ1) is 8.59. The molecule has 0 aromatic carbocycles. The van der Waals surface area contributed by atoms with Crippen LogP contribution in [0.25, 0.3) is 0 Å². The molecule has 2 atom stereocenters. The van der Waals surface area contributed by atoms with Crippen LogP contribution in [0.4, 0.5) is 4.79 Å². The molecule has 98 valence electrons. The van der Waals surface area contributed by atoms with Crippen molar-refractivity contribution in [3.05, 3.63) is 16.6 Å². The number of carboxylic acid groups (broad SMARTS) is 1. The summed E-state index contributed by atoms with van der Waals surface area (Å²) in [7, 11) is 0. The van der Waals surface area contributed by atoms with Crippen molar-refractivity contribution in [1.29, 1.82) is 0 Å². The molecule has 1 aliphatic heterocycles. The molecule has 18 heavy (non-hydrogen) atoms. The normalized spacial score (nSPS) is 23.1. The van der Waals surface area contributed by atoms with Crippen LogP contribution in [0, 0.1) is 0 Å². The topological polar surface area (TPSA) is 82.5 Å². The minimum Gasteiger partial charge on any atom is -0.480 e. The lowest BCUT2D eigenvalue weighted by Crippen LogP contribution is -2.49. The van der Waals surface area contributed by atoms with E-state index in [0.29, 0.717) is 12.3 Å². The number of hydrogen-bond donors (Lipinski definition) is 2. The Balaban J connectivity index is 1.96. The van der Waals surface area contributed by atoms with Gasteiger partial charge in [-0.05, 0) is 6.92 Å². The Kier molecular flexibility index (Phi) is 4.07. The highest BCUT2D eigenvalue weighted by molar-refractivity contribution is 8.00. The number of nitrogens with zero attached hydrogens (tertiary/aromatic N) is 2. The van der Waals surface area contributed by atoms with Crippen LogP contribution in [0.3, 0.4) is 0 Å². The number of thiazole rings is 1. The van der Waals surface area contributed by atoms with Crippen LogP contribution in [0.2, 0.25) is 0 Å². The van der Waals surface area contributed by atoms with Crippen LogP contribution in [-0.2, 0) is 11.3 Å². The molecule has 6 nitrogen and oxygen atoms in total. The third-order valence-corrected chi connectivity index (χ3v) is 4.61. The number of aliphatic carboxylic acids is 1. The van der Waals surface area contributed by atoms with Crippen molar-refractivity contribution in [3.63, 3.8) is 0 Å². The molecule has 0 radical (unpaired) electrons. The van der Waals surface area contributed by atoms with Crippen LogP contribution < -0.4 is 5.32 Å². The summed E-state index contributed by atoms with van der Waals surface area (Å²) >= 11 is 2.91. The van der Waals surface area contributed by atoms with Gasteiger partial charge in [-0.3, -0.25) is 4.90 Å². The molecular formula is C10H13N3O3S2. The largest absolute Gasteiger partial charge is 0.480 e. The van der Waals surface area contributed by atoms with Gasteiger partial charge in [0.1, 0.15) is 11.0 Å². The van der Waals surface area contributed by atoms with Gasteiger partial charge >= 0.3 is 12.0 Å². The minimum atomic E-state index is -0.962. The number of thioether (sulfide) groups is 1. The van der Waals surface area contributed by atoms with E-state index in [9.17, 15) is 9.59 Å². The molecule has 1 fully saturated rings. The number of carbonyl (C=O) groups excluding carboxylic acids is 1. The van der Waals surface area contributed by atoms with Crippen molar-refractivity contribution >= 4 is 35.1 Å². The summed E-state index contributed by atoms with van der Waals surface area (Å²) in [5.74, 6) is -0.530. The zero-order valence-electron chi connectivity index (χ0n) is 9.70. The van der Waals surface area contributed by atoms with Gasteiger partial charge in [-0.15, -0.1) is 23.1 Å². The molecular weight excluding hydrogens is 274 g/mol. The fourth-order valence-corrected chi connectivity index (χ4v) is 3.45. The third kappa shape index (κ3) is 2.75. The van der Waals surface area contributed by atoms with E-state index >= 15 is 0 Å². The molecule has 1 aromatic heterocycles. The van der Waals surface area contributed by atoms with Crippen molar-refractivity contribution in [2.45, 2.75) is 24.9 Å². The molecule has 2 amide bonds. The maximum absolute atomic E-state index is 12.0. The van der Waals surface area contributed by atoms with Gasteiger partial charge in [0.05, 0.1) is 11.9 Å². The number of amides is 2. The maximum Gasteiger partial charge on any atom is 0.327 e. The first kappa shape index (κ1) is 13.2. The minimum absolute atomic E-state index is 0.123. The van der Waals surface area contributed by atoms with E-state index in [1.54, 1.807) is 6.20 Å². The molecule has 1 saturated heterocycles. The van der Waals surface area contributed by atoms with Crippen molar-refractivity contribution in [2.75, 3.05) is 5.75 Å². The summed E-state index contributed by atoms with van der Waals surface area (Å²) in [4.78, 5) is 28.5. The lowest BCUT2D eigenvalue weighted by Gasteiger charge is -2.24. The van der Waals surface area contributed by atoms with E-state index < -0.39 is 12.0 Å². The fourth-order valence-electron chi connectivity index (χ4n) is 1.72. The summed E-state index contributed by atoms with van der Waals surface area (Å²) in [6.45, 7) is 2.16. The van der Waals surface area contributed by atoms with Crippen LogP contribution in [0.15, 0.2) is 11.6 Å². The standard InChI is InChI=1S/C10H13N3O3S2/c1-6-13(7(5-18-6)9(14)15)10(16)12-4-8-11-2-3-17-8/h2-3,6-7H,4-5H2,1H3,(H,12,16)(H,14,15). The molecule has 2 rings (SSSR count). The van der Waals surface area contributed by atoms with Gasteiger partial charge in [-0.25, -0.2) is 14.6 Å². The Morgan fingerprint density at radius 3 is 3.06 bits per heavy atom. The van der Waals surface area contributed by atoms with E-state index in [1.165, 1.54) is 28.0 Å². The number of carbonyl (C=O) groups is 2. The lowest BCUT2D eigenvalue weighted by atomic mass is 10.3. The number of urea groups is 1. The average molecular weight is 287 g/mol. The highest BCUT2D eigenvalue weighted by Gasteiger charge is 2.39. The predicted octanol–water partition coefficient (Wildman–Crippen LogP) is 1.20. The van der Waals surface area contributed by atoms with Crippen LogP contribution in [0.1, 0.15) is 11.9 Å². The monoisotopic (exact) mass is 287 g/mol. The summed E-state index contributed by atoms with van der Waals surface area (Å²) in [5.41, 5.74) is 0. The zero-order valence-corrected chi connectivity index (χ0v) is 11.3. The number of nitrogens with one attached hydrogen (secondary N) is 1. The second-order valence-electron chi connectivity index (χ2n) is 3.78. The van der Waals surface area contributed by atoms with Gasteiger partial charge in [0, 0.05) is 17.3 Å². The number of carboxylic acids is 1.